The van der Waals surface area contributed by atoms with Gasteiger partial charge in [-0.25, -0.2) is 0 Å². The highest BCUT2D eigenvalue weighted by Crippen LogP contribution is 2.58. The number of rotatable bonds is 2. The van der Waals surface area contributed by atoms with Crippen LogP contribution in [0.1, 0.15) is 40.5 Å². The Morgan fingerprint density at radius 2 is 2.07 bits per heavy atom. The fourth-order valence-corrected chi connectivity index (χ4v) is 3.01. The van der Waals surface area contributed by atoms with E-state index < -0.39 is 0 Å². The Morgan fingerprint density at radius 3 is 2.67 bits per heavy atom. The lowest BCUT2D eigenvalue weighted by molar-refractivity contribution is -0.112. The maximum atomic E-state index is 11.0. The van der Waals surface area contributed by atoms with Crippen molar-refractivity contribution in [3.63, 3.8) is 0 Å². The van der Waals surface area contributed by atoms with Crippen LogP contribution in [0.3, 0.4) is 0 Å². The zero-order chi connectivity index (χ0) is 11.3. The molecule has 2 aliphatic rings. The molecule has 3 atom stereocenters. The van der Waals surface area contributed by atoms with E-state index in [1.807, 2.05) is 0 Å². The molecule has 1 saturated carbocycles. The molecule has 0 unspecified atom stereocenters. The molecule has 0 spiro atoms. The number of fused-ring (bicyclic) bond motifs is 1. The van der Waals surface area contributed by atoms with Gasteiger partial charge in [0.15, 0.2) is 5.78 Å². The van der Waals surface area contributed by atoms with E-state index in [2.05, 4.69) is 26.8 Å². The highest BCUT2D eigenvalue weighted by Gasteiger charge is 2.63. The highest BCUT2D eigenvalue weighted by atomic mass is 16.6. The average Bonchev–Trinajstić information content (AvgIpc) is 2.74. The van der Waals surface area contributed by atoms with Crippen LogP contribution in [0, 0.1) is 11.3 Å². The summed E-state index contributed by atoms with van der Waals surface area (Å²) in [5, 5.41) is 0. The van der Waals surface area contributed by atoms with Crippen LogP contribution in [0.15, 0.2) is 12.2 Å². The van der Waals surface area contributed by atoms with Crippen molar-refractivity contribution in [3.8, 4) is 0 Å². The molecule has 2 fully saturated rings. The Labute approximate surface area is 91.7 Å². The molecule has 15 heavy (non-hydrogen) atoms. The van der Waals surface area contributed by atoms with E-state index in [-0.39, 0.29) is 16.8 Å². The fraction of sp³-hybridized carbons (Fsp3) is 0.769. The van der Waals surface area contributed by atoms with Crippen LogP contribution in [-0.4, -0.2) is 17.5 Å². The molecule has 0 aromatic heterocycles. The van der Waals surface area contributed by atoms with Gasteiger partial charge in [-0.1, -0.05) is 19.9 Å². The molecule has 1 saturated heterocycles. The summed E-state index contributed by atoms with van der Waals surface area (Å²) in [4.78, 5) is 11.0. The minimum atomic E-state index is -0.00625. The molecule has 0 radical (unpaired) electrons. The Kier molecular flexibility index (Phi) is 2.30. The van der Waals surface area contributed by atoms with Crippen molar-refractivity contribution in [2.24, 2.45) is 11.3 Å². The number of carbonyl (C=O) groups is 1. The van der Waals surface area contributed by atoms with Crippen molar-refractivity contribution in [2.45, 2.75) is 52.2 Å². The fourth-order valence-electron chi connectivity index (χ4n) is 3.01. The van der Waals surface area contributed by atoms with Crippen LogP contribution < -0.4 is 0 Å². The third kappa shape index (κ3) is 1.76. The van der Waals surface area contributed by atoms with Crippen LogP contribution in [-0.2, 0) is 9.53 Å². The van der Waals surface area contributed by atoms with Gasteiger partial charge in [0.2, 0.25) is 0 Å². The minimum Gasteiger partial charge on any atom is -0.366 e. The standard InChI is InChI=1S/C13H20O2/c1-9(14)5-6-10-12(2,3)8-7-11-13(10,4)15-11/h5-6,10-11H,7-8H2,1-4H3/b6-5+/t10-,11-,13+/m1/s1. The van der Waals surface area contributed by atoms with Crippen molar-refractivity contribution in [1.29, 1.82) is 0 Å². The molecule has 1 heterocycles. The number of carbonyl (C=O) groups excluding carboxylic acids is 1. The SMILES string of the molecule is CC(=O)/C=C/[C@@H]1C(C)(C)CC[C@H]2O[C@@]12C. The molecule has 1 aliphatic heterocycles. The van der Waals surface area contributed by atoms with Gasteiger partial charge in [-0.3, -0.25) is 4.79 Å². The second-order valence-corrected chi connectivity index (χ2v) is 5.77. The molecule has 0 aromatic rings. The first-order valence-corrected chi connectivity index (χ1v) is 5.73. The number of hydrogen-bond donors (Lipinski definition) is 0. The summed E-state index contributed by atoms with van der Waals surface area (Å²) in [6.45, 7) is 8.31. The van der Waals surface area contributed by atoms with Crippen LogP contribution in [0.4, 0.5) is 0 Å². The van der Waals surface area contributed by atoms with Gasteiger partial charge in [-0.2, -0.15) is 0 Å². The number of ether oxygens (including phenoxy) is 1. The summed E-state index contributed by atoms with van der Waals surface area (Å²) in [6, 6.07) is 0. The minimum absolute atomic E-state index is 0.00625. The number of ketones is 1. The molecule has 1 aliphatic carbocycles. The molecule has 0 N–H and O–H groups in total. The number of epoxide rings is 1. The maximum Gasteiger partial charge on any atom is 0.152 e. The third-order valence-corrected chi connectivity index (χ3v) is 4.01. The molecule has 0 aromatic carbocycles. The molecule has 2 heteroatoms. The molecule has 84 valence electrons. The van der Waals surface area contributed by atoms with Crippen molar-refractivity contribution >= 4 is 5.78 Å². The monoisotopic (exact) mass is 208 g/mol. The first kappa shape index (κ1) is 10.9. The smallest absolute Gasteiger partial charge is 0.152 e. The molecular formula is C13H20O2. The van der Waals surface area contributed by atoms with E-state index in [0.717, 1.165) is 6.42 Å². The van der Waals surface area contributed by atoms with E-state index in [1.165, 1.54) is 6.42 Å². The van der Waals surface area contributed by atoms with E-state index in [1.54, 1.807) is 13.0 Å². The number of allylic oxidation sites excluding steroid dienone is 1. The van der Waals surface area contributed by atoms with Gasteiger partial charge in [0.25, 0.3) is 0 Å². The van der Waals surface area contributed by atoms with E-state index in [4.69, 9.17) is 4.74 Å². The van der Waals surface area contributed by atoms with Gasteiger partial charge in [0.05, 0.1) is 11.7 Å². The second-order valence-electron chi connectivity index (χ2n) is 5.77. The summed E-state index contributed by atoms with van der Waals surface area (Å²) in [5.74, 6) is 0.491. The van der Waals surface area contributed by atoms with Gasteiger partial charge in [0, 0.05) is 5.92 Å². The average molecular weight is 208 g/mol. The van der Waals surface area contributed by atoms with Gasteiger partial charge in [-0.05, 0) is 38.2 Å². The third-order valence-electron chi connectivity index (χ3n) is 4.01. The van der Waals surface area contributed by atoms with Crippen LogP contribution in [0.5, 0.6) is 0 Å². The van der Waals surface area contributed by atoms with Crippen molar-refractivity contribution < 1.29 is 9.53 Å². The summed E-state index contributed by atoms with van der Waals surface area (Å²) in [6.07, 6.45) is 6.52. The molecule has 0 bridgehead atoms. The van der Waals surface area contributed by atoms with Gasteiger partial charge in [0.1, 0.15) is 0 Å². The first-order chi connectivity index (χ1) is 6.86. The molecule has 2 nitrogen and oxygen atoms in total. The molecule has 2 rings (SSSR count). The Balaban J connectivity index is 2.21. The second kappa shape index (κ2) is 3.18. The Hall–Kier alpha value is -0.630. The topological polar surface area (TPSA) is 29.6 Å². The van der Waals surface area contributed by atoms with E-state index >= 15 is 0 Å². The van der Waals surface area contributed by atoms with Crippen LogP contribution >= 0.6 is 0 Å². The van der Waals surface area contributed by atoms with Crippen molar-refractivity contribution in [3.05, 3.63) is 12.2 Å². The predicted molar refractivity (Wildman–Crippen MR) is 59.6 cm³/mol. The summed E-state index contributed by atoms with van der Waals surface area (Å²) in [7, 11) is 0. The largest absolute Gasteiger partial charge is 0.366 e. The Morgan fingerprint density at radius 1 is 1.40 bits per heavy atom. The van der Waals surface area contributed by atoms with E-state index in [9.17, 15) is 4.79 Å². The lowest BCUT2D eigenvalue weighted by Crippen LogP contribution is -2.39. The lowest BCUT2D eigenvalue weighted by atomic mass is 9.64. The number of hydrogen-bond acceptors (Lipinski definition) is 2. The lowest BCUT2D eigenvalue weighted by Gasteiger charge is -2.38. The quantitative estimate of drug-likeness (QED) is 0.516. The van der Waals surface area contributed by atoms with Crippen molar-refractivity contribution in [1.82, 2.24) is 0 Å². The maximum absolute atomic E-state index is 11.0. The summed E-state index contributed by atoms with van der Waals surface area (Å²) >= 11 is 0. The van der Waals surface area contributed by atoms with Gasteiger partial charge >= 0.3 is 0 Å². The first-order valence-electron chi connectivity index (χ1n) is 5.73. The zero-order valence-electron chi connectivity index (χ0n) is 10.0. The zero-order valence-corrected chi connectivity index (χ0v) is 10.0. The Bertz CT molecular complexity index is 312. The summed E-state index contributed by atoms with van der Waals surface area (Å²) < 4.78 is 5.78. The predicted octanol–water partition coefficient (Wildman–Crippen LogP) is 2.73. The summed E-state index contributed by atoms with van der Waals surface area (Å²) in [5.41, 5.74) is 0.237. The van der Waals surface area contributed by atoms with Gasteiger partial charge in [-0.15, -0.1) is 0 Å². The van der Waals surface area contributed by atoms with Crippen LogP contribution in [0.25, 0.3) is 0 Å². The normalized spacial score (nSPS) is 42.7. The van der Waals surface area contributed by atoms with Crippen molar-refractivity contribution in [2.75, 3.05) is 0 Å². The van der Waals surface area contributed by atoms with E-state index in [0.29, 0.717) is 12.0 Å². The highest BCUT2D eigenvalue weighted by molar-refractivity contribution is 5.87. The van der Waals surface area contributed by atoms with Crippen LogP contribution in [0.2, 0.25) is 0 Å². The molecule has 0 amide bonds. The molecular weight excluding hydrogens is 188 g/mol. The van der Waals surface area contributed by atoms with Gasteiger partial charge < -0.3 is 4.74 Å².